The maximum absolute atomic E-state index is 6.39. The third-order valence-corrected chi connectivity index (χ3v) is 3.58. The molecule has 0 saturated heterocycles. The van der Waals surface area contributed by atoms with Crippen molar-refractivity contribution >= 4 is 11.6 Å². The van der Waals surface area contributed by atoms with Crippen LogP contribution in [0.5, 0.6) is 0 Å². The number of rotatable bonds is 3. The van der Waals surface area contributed by atoms with E-state index >= 15 is 0 Å². The van der Waals surface area contributed by atoms with E-state index in [-0.39, 0.29) is 11.3 Å². The third-order valence-electron chi connectivity index (χ3n) is 3.33. The van der Waals surface area contributed by atoms with E-state index in [1.54, 1.807) is 0 Å². The first-order valence-corrected chi connectivity index (χ1v) is 6.79. The fraction of sp³-hybridized carbons (Fsp3) is 0.294. The molecule has 0 radical (unpaired) electrons. The molecular formula is C17H19Cl. The summed E-state index contributed by atoms with van der Waals surface area (Å²) in [4.78, 5) is 0. The van der Waals surface area contributed by atoms with Crippen molar-refractivity contribution in [3.63, 3.8) is 0 Å². The number of hydrogen-bond donors (Lipinski definition) is 0. The molecule has 2 aromatic rings. The quantitative estimate of drug-likeness (QED) is 0.675. The van der Waals surface area contributed by atoms with Crippen LogP contribution in [0.3, 0.4) is 0 Å². The highest BCUT2D eigenvalue weighted by Crippen LogP contribution is 2.31. The minimum atomic E-state index is 0.0791. The Morgan fingerprint density at radius 3 is 1.33 bits per heavy atom. The normalized spacial score (nSPS) is 12.7. The van der Waals surface area contributed by atoms with E-state index in [9.17, 15) is 0 Å². The zero-order valence-electron chi connectivity index (χ0n) is 11.2. The molecule has 0 saturated carbocycles. The highest BCUT2D eigenvalue weighted by molar-refractivity contribution is 6.21. The van der Waals surface area contributed by atoms with Crippen LogP contribution in [-0.4, -0.2) is 5.38 Å². The second kappa shape index (κ2) is 5.58. The summed E-state index contributed by atoms with van der Waals surface area (Å²) in [7, 11) is 0. The summed E-state index contributed by atoms with van der Waals surface area (Å²) in [6.07, 6.45) is 0. The molecule has 0 fully saturated rings. The second-order valence-corrected chi connectivity index (χ2v) is 5.66. The first kappa shape index (κ1) is 13.2. The zero-order chi connectivity index (χ0) is 13.1. The minimum Gasteiger partial charge on any atom is -0.122 e. The highest BCUT2D eigenvalue weighted by atomic mass is 35.5. The fourth-order valence-electron chi connectivity index (χ4n) is 2.27. The van der Waals surface area contributed by atoms with Gasteiger partial charge in [0.15, 0.2) is 0 Å². The Bertz CT molecular complexity index is 449. The van der Waals surface area contributed by atoms with Gasteiger partial charge in [-0.15, -0.1) is 11.6 Å². The molecule has 0 N–H and O–H groups in total. The van der Waals surface area contributed by atoms with E-state index in [0.717, 1.165) is 0 Å². The maximum Gasteiger partial charge on any atom is 0.0417 e. The molecule has 0 aliphatic rings. The van der Waals surface area contributed by atoms with Gasteiger partial charge in [0.1, 0.15) is 0 Å². The van der Waals surface area contributed by atoms with Crippen molar-refractivity contribution in [2.75, 3.05) is 0 Å². The van der Waals surface area contributed by atoms with Crippen LogP contribution in [-0.2, 0) is 0 Å². The Labute approximate surface area is 115 Å². The van der Waals surface area contributed by atoms with Crippen LogP contribution in [0.4, 0.5) is 0 Å². The van der Waals surface area contributed by atoms with Crippen LogP contribution in [0.2, 0.25) is 0 Å². The Hall–Kier alpha value is -1.27. The van der Waals surface area contributed by atoms with Gasteiger partial charge in [0.05, 0.1) is 0 Å². The van der Waals surface area contributed by atoms with Crippen LogP contribution in [0.15, 0.2) is 48.5 Å². The topological polar surface area (TPSA) is 0 Å². The second-order valence-electron chi connectivity index (χ2n) is 4.98. The summed E-state index contributed by atoms with van der Waals surface area (Å²) in [5, 5.41) is 0.0791. The lowest BCUT2D eigenvalue weighted by Gasteiger charge is -2.21. The average Bonchev–Trinajstić information content (AvgIpc) is 2.34. The smallest absolute Gasteiger partial charge is 0.0417 e. The van der Waals surface area contributed by atoms with Gasteiger partial charge in [-0.3, -0.25) is 0 Å². The number of hydrogen-bond acceptors (Lipinski definition) is 0. The third kappa shape index (κ3) is 2.94. The molecule has 2 aromatic carbocycles. The molecule has 0 aliphatic carbocycles. The van der Waals surface area contributed by atoms with Crippen molar-refractivity contribution in [3.05, 3.63) is 70.8 Å². The van der Waals surface area contributed by atoms with E-state index < -0.39 is 0 Å². The zero-order valence-corrected chi connectivity index (χ0v) is 11.9. The molecule has 0 aliphatic heterocycles. The molecule has 0 bridgehead atoms. The van der Waals surface area contributed by atoms with Gasteiger partial charge in [0.2, 0.25) is 0 Å². The van der Waals surface area contributed by atoms with Crippen LogP contribution in [0.1, 0.15) is 35.1 Å². The van der Waals surface area contributed by atoms with Crippen molar-refractivity contribution < 1.29 is 0 Å². The largest absolute Gasteiger partial charge is 0.122 e. The number of halogens is 1. The van der Waals surface area contributed by atoms with Crippen LogP contribution < -0.4 is 0 Å². The Balaban J connectivity index is 2.39. The predicted molar refractivity (Wildman–Crippen MR) is 79.5 cm³/mol. The van der Waals surface area contributed by atoms with Crippen LogP contribution in [0, 0.1) is 13.8 Å². The minimum absolute atomic E-state index is 0.0791. The fourth-order valence-corrected chi connectivity index (χ4v) is 2.56. The van der Waals surface area contributed by atoms with E-state index in [0.29, 0.717) is 0 Å². The summed E-state index contributed by atoms with van der Waals surface area (Å²) in [6.45, 7) is 6.27. The standard InChI is InChI=1S/C17H19Cl/c1-12-4-8-15(9-5-12)17(14(3)18)16-10-6-13(2)7-11-16/h4-11,14,17H,1-3H3. The summed E-state index contributed by atoms with van der Waals surface area (Å²) in [5.41, 5.74) is 5.13. The molecule has 1 heteroatoms. The summed E-state index contributed by atoms with van der Waals surface area (Å²) in [5.74, 6) is 0.257. The van der Waals surface area contributed by atoms with E-state index in [2.05, 4.69) is 69.3 Å². The molecule has 1 unspecified atom stereocenters. The van der Waals surface area contributed by atoms with Gasteiger partial charge in [-0.1, -0.05) is 59.7 Å². The maximum atomic E-state index is 6.39. The first-order valence-electron chi connectivity index (χ1n) is 6.35. The van der Waals surface area contributed by atoms with Crippen molar-refractivity contribution in [1.29, 1.82) is 0 Å². The van der Waals surface area contributed by atoms with Gasteiger partial charge in [0.25, 0.3) is 0 Å². The van der Waals surface area contributed by atoms with E-state index in [1.165, 1.54) is 22.3 Å². The van der Waals surface area contributed by atoms with Gasteiger partial charge in [0, 0.05) is 11.3 Å². The van der Waals surface area contributed by atoms with E-state index in [1.807, 2.05) is 0 Å². The Morgan fingerprint density at radius 2 is 1.06 bits per heavy atom. The Morgan fingerprint density at radius 1 is 0.722 bits per heavy atom. The van der Waals surface area contributed by atoms with Crippen LogP contribution in [0.25, 0.3) is 0 Å². The van der Waals surface area contributed by atoms with Crippen molar-refractivity contribution in [2.45, 2.75) is 32.1 Å². The molecule has 18 heavy (non-hydrogen) atoms. The molecule has 0 heterocycles. The van der Waals surface area contributed by atoms with Gasteiger partial charge in [-0.2, -0.15) is 0 Å². The molecule has 94 valence electrons. The predicted octanol–water partition coefficient (Wildman–Crippen LogP) is 5.06. The van der Waals surface area contributed by atoms with Gasteiger partial charge in [-0.05, 0) is 31.9 Å². The lowest BCUT2D eigenvalue weighted by atomic mass is 9.88. The average molecular weight is 259 g/mol. The van der Waals surface area contributed by atoms with Crippen LogP contribution >= 0.6 is 11.6 Å². The number of benzene rings is 2. The molecule has 2 rings (SSSR count). The monoisotopic (exact) mass is 258 g/mol. The lowest BCUT2D eigenvalue weighted by Crippen LogP contribution is -2.11. The number of alkyl halides is 1. The van der Waals surface area contributed by atoms with Gasteiger partial charge < -0.3 is 0 Å². The molecule has 0 spiro atoms. The molecule has 1 atom stereocenters. The van der Waals surface area contributed by atoms with Crippen molar-refractivity contribution in [3.8, 4) is 0 Å². The van der Waals surface area contributed by atoms with E-state index in [4.69, 9.17) is 11.6 Å². The molecule has 0 nitrogen and oxygen atoms in total. The lowest BCUT2D eigenvalue weighted by molar-refractivity contribution is 0.785. The highest BCUT2D eigenvalue weighted by Gasteiger charge is 2.19. The summed E-state index contributed by atoms with van der Waals surface area (Å²) >= 11 is 6.39. The Kier molecular flexibility index (Phi) is 4.08. The molecule has 0 aromatic heterocycles. The number of aryl methyl sites for hydroxylation is 2. The SMILES string of the molecule is Cc1ccc(C(c2ccc(C)cc2)C(C)Cl)cc1. The van der Waals surface area contributed by atoms with Crippen molar-refractivity contribution in [1.82, 2.24) is 0 Å². The van der Waals surface area contributed by atoms with Gasteiger partial charge in [-0.25, -0.2) is 0 Å². The van der Waals surface area contributed by atoms with Gasteiger partial charge >= 0.3 is 0 Å². The summed E-state index contributed by atoms with van der Waals surface area (Å²) < 4.78 is 0. The first-order chi connectivity index (χ1) is 8.58. The molecular weight excluding hydrogens is 240 g/mol. The molecule has 0 amide bonds. The summed E-state index contributed by atoms with van der Waals surface area (Å²) in [6, 6.07) is 17.3. The van der Waals surface area contributed by atoms with Crippen molar-refractivity contribution in [2.24, 2.45) is 0 Å².